The van der Waals surface area contributed by atoms with Crippen molar-refractivity contribution in [2.24, 2.45) is 0 Å². The van der Waals surface area contributed by atoms with Gasteiger partial charge in [0.1, 0.15) is 12.6 Å². The Morgan fingerprint density at radius 2 is 1.57 bits per heavy atom. The maximum Gasteiger partial charge on any atom is 0.264 e. The van der Waals surface area contributed by atoms with Gasteiger partial charge in [-0.3, -0.25) is 13.9 Å². The van der Waals surface area contributed by atoms with Gasteiger partial charge in [0.2, 0.25) is 11.8 Å². The Kier molecular flexibility index (Phi) is 11.6. The summed E-state index contributed by atoms with van der Waals surface area (Å²) in [6.45, 7) is 5.91. The number of carbonyl (C=O) groups excluding carboxylic acids is 2. The van der Waals surface area contributed by atoms with E-state index in [0.717, 1.165) is 22.7 Å². The standard InChI is InChI=1S/C31H38ClN3O4S/c1-4-6-21-33-31(37)28(5-2)34(22-20-25-14-9-7-10-15-25)30(36)23-35(29-19-13-18-27(32)24(29)3)40(38,39)26-16-11-8-12-17-26/h7-19,28H,4-6,20-23H2,1-3H3,(H,33,37). The molecule has 0 fully saturated rings. The van der Waals surface area contributed by atoms with Crippen LogP contribution in [0.25, 0.3) is 0 Å². The van der Waals surface area contributed by atoms with Crippen LogP contribution in [0.4, 0.5) is 5.69 Å². The van der Waals surface area contributed by atoms with Gasteiger partial charge < -0.3 is 10.2 Å². The van der Waals surface area contributed by atoms with Crippen LogP contribution in [0.1, 0.15) is 44.2 Å². The first kappa shape index (κ1) is 31.2. The van der Waals surface area contributed by atoms with Crippen molar-refractivity contribution in [1.82, 2.24) is 10.2 Å². The van der Waals surface area contributed by atoms with Crippen molar-refractivity contribution in [3.63, 3.8) is 0 Å². The summed E-state index contributed by atoms with van der Waals surface area (Å²) in [6.07, 6.45) is 2.67. The summed E-state index contributed by atoms with van der Waals surface area (Å²) >= 11 is 6.38. The van der Waals surface area contributed by atoms with Gasteiger partial charge in [-0.2, -0.15) is 0 Å². The molecule has 9 heteroatoms. The zero-order valence-corrected chi connectivity index (χ0v) is 24.9. The smallest absolute Gasteiger partial charge is 0.264 e. The van der Waals surface area contributed by atoms with E-state index in [1.165, 1.54) is 17.0 Å². The fourth-order valence-corrected chi connectivity index (χ4v) is 6.16. The summed E-state index contributed by atoms with van der Waals surface area (Å²) in [5.41, 5.74) is 1.87. The zero-order chi connectivity index (χ0) is 29.1. The van der Waals surface area contributed by atoms with Crippen LogP contribution in [0.5, 0.6) is 0 Å². The van der Waals surface area contributed by atoms with Crippen LogP contribution in [-0.2, 0) is 26.0 Å². The van der Waals surface area contributed by atoms with Crippen molar-refractivity contribution in [3.05, 3.63) is 95.0 Å². The lowest BCUT2D eigenvalue weighted by Gasteiger charge is -2.33. The number of nitrogens with zero attached hydrogens (tertiary/aromatic N) is 2. The summed E-state index contributed by atoms with van der Waals surface area (Å²) in [5.74, 6) is -0.707. The van der Waals surface area contributed by atoms with Gasteiger partial charge in [0.15, 0.2) is 0 Å². The lowest BCUT2D eigenvalue weighted by atomic mass is 10.1. The maximum absolute atomic E-state index is 14.1. The molecule has 0 aromatic heterocycles. The number of unbranched alkanes of at least 4 members (excludes halogenated alkanes) is 1. The highest BCUT2D eigenvalue weighted by molar-refractivity contribution is 7.92. The predicted octanol–water partition coefficient (Wildman–Crippen LogP) is 5.61. The molecule has 2 amide bonds. The highest BCUT2D eigenvalue weighted by Gasteiger charge is 2.34. The maximum atomic E-state index is 14.1. The van der Waals surface area contributed by atoms with E-state index in [0.29, 0.717) is 35.7 Å². The fraction of sp³-hybridized carbons (Fsp3) is 0.355. The number of amides is 2. The van der Waals surface area contributed by atoms with Crippen molar-refractivity contribution in [3.8, 4) is 0 Å². The van der Waals surface area contributed by atoms with Gasteiger partial charge in [0, 0.05) is 18.1 Å². The Labute approximate surface area is 243 Å². The Morgan fingerprint density at radius 1 is 0.925 bits per heavy atom. The number of halogens is 1. The van der Waals surface area contributed by atoms with E-state index in [1.54, 1.807) is 43.3 Å². The van der Waals surface area contributed by atoms with E-state index in [2.05, 4.69) is 5.32 Å². The topological polar surface area (TPSA) is 86.8 Å². The normalized spacial score (nSPS) is 12.0. The summed E-state index contributed by atoms with van der Waals surface area (Å²) < 4.78 is 28.9. The monoisotopic (exact) mass is 583 g/mol. The second-order valence-corrected chi connectivity index (χ2v) is 11.9. The van der Waals surface area contributed by atoms with Crippen molar-refractivity contribution in [2.45, 2.75) is 57.4 Å². The summed E-state index contributed by atoms with van der Waals surface area (Å²) in [6, 6.07) is 21.9. The van der Waals surface area contributed by atoms with Gasteiger partial charge in [0.05, 0.1) is 10.6 Å². The third-order valence-corrected chi connectivity index (χ3v) is 9.00. The number of carbonyl (C=O) groups is 2. The quantitative estimate of drug-likeness (QED) is 0.250. The average Bonchev–Trinajstić information content (AvgIpc) is 2.96. The van der Waals surface area contributed by atoms with Gasteiger partial charge in [-0.1, -0.05) is 86.5 Å². The van der Waals surface area contributed by atoms with Gasteiger partial charge in [0.25, 0.3) is 10.0 Å². The largest absolute Gasteiger partial charge is 0.354 e. The second kappa shape index (κ2) is 14.9. The van der Waals surface area contributed by atoms with Gasteiger partial charge >= 0.3 is 0 Å². The molecule has 1 atom stereocenters. The lowest BCUT2D eigenvalue weighted by molar-refractivity contribution is -0.139. The molecule has 0 spiro atoms. The van der Waals surface area contributed by atoms with Crippen LogP contribution in [0.3, 0.4) is 0 Å². The highest BCUT2D eigenvalue weighted by atomic mass is 35.5. The summed E-state index contributed by atoms with van der Waals surface area (Å²) in [7, 11) is -4.13. The minimum atomic E-state index is -4.13. The van der Waals surface area contributed by atoms with Gasteiger partial charge in [-0.25, -0.2) is 8.42 Å². The van der Waals surface area contributed by atoms with Crippen molar-refractivity contribution >= 4 is 39.1 Å². The van der Waals surface area contributed by atoms with Crippen LogP contribution >= 0.6 is 11.6 Å². The first-order valence-electron chi connectivity index (χ1n) is 13.6. The molecule has 214 valence electrons. The molecule has 3 rings (SSSR count). The zero-order valence-electron chi connectivity index (χ0n) is 23.3. The number of sulfonamides is 1. The number of anilines is 1. The Balaban J connectivity index is 2.01. The number of hydrogen-bond donors (Lipinski definition) is 1. The first-order chi connectivity index (χ1) is 19.2. The molecule has 0 saturated heterocycles. The van der Waals surface area contributed by atoms with Crippen LogP contribution in [0.15, 0.2) is 83.8 Å². The molecule has 1 N–H and O–H groups in total. The first-order valence-corrected chi connectivity index (χ1v) is 15.5. The molecule has 1 unspecified atom stereocenters. The van der Waals surface area contributed by atoms with E-state index in [1.807, 2.05) is 44.2 Å². The number of rotatable bonds is 14. The SMILES string of the molecule is CCCCNC(=O)C(CC)N(CCc1ccccc1)C(=O)CN(c1cccc(Cl)c1C)S(=O)(=O)c1ccccc1. The van der Waals surface area contributed by atoms with Crippen molar-refractivity contribution in [2.75, 3.05) is 23.9 Å². The molecule has 7 nitrogen and oxygen atoms in total. The minimum absolute atomic E-state index is 0.0577. The van der Waals surface area contributed by atoms with Crippen LogP contribution in [0, 0.1) is 6.92 Å². The highest BCUT2D eigenvalue weighted by Crippen LogP contribution is 2.31. The third-order valence-electron chi connectivity index (χ3n) is 6.82. The number of hydrogen-bond acceptors (Lipinski definition) is 4. The van der Waals surface area contributed by atoms with E-state index in [-0.39, 0.29) is 17.3 Å². The molecule has 3 aromatic carbocycles. The predicted molar refractivity (Wildman–Crippen MR) is 161 cm³/mol. The van der Waals surface area contributed by atoms with Gasteiger partial charge in [-0.15, -0.1) is 0 Å². The molecule has 0 heterocycles. The lowest BCUT2D eigenvalue weighted by Crippen LogP contribution is -2.53. The molecule has 0 bridgehead atoms. The molecule has 0 aliphatic rings. The molecule has 0 aliphatic carbocycles. The van der Waals surface area contributed by atoms with E-state index < -0.39 is 28.5 Å². The van der Waals surface area contributed by atoms with E-state index in [9.17, 15) is 18.0 Å². The fourth-order valence-electron chi connectivity index (χ4n) is 4.50. The van der Waals surface area contributed by atoms with Crippen molar-refractivity contribution < 1.29 is 18.0 Å². The van der Waals surface area contributed by atoms with Gasteiger partial charge in [-0.05, 0) is 61.6 Å². The Morgan fingerprint density at radius 3 is 2.20 bits per heavy atom. The molecule has 0 aliphatic heterocycles. The van der Waals surface area contributed by atoms with Crippen LogP contribution < -0.4 is 9.62 Å². The van der Waals surface area contributed by atoms with Crippen LogP contribution in [0.2, 0.25) is 5.02 Å². The summed E-state index contributed by atoms with van der Waals surface area (Å²) in [4.78, 5) is 28.9. The minimum Gasteiger partial charge on any atom is -0.354 e. The molecular formula is C31H38ClN3O4S. The van der Waals surface area contributed by atoms with E-state index >= 15 is 0 Å². The molecule has 3 aromatic rings. The number of nitrogens with one attached hydrogen (secondary N) is 1. The Bertz CT molecular complexity index is 1370. The Hall–Kier alpha value is -3.36. The molecule has 0 radical (unpaired) electrons. The average molecular weight is 584 g/mol. The van der Waals surface area contributed by atoms with Crippen molar-refractivity contribution in [1.29, 1.82) is 0 Å². The molecule has 0 saturated carbocycles. The molecular weight excluding hydrogens is 546 g/mol. The molecule has 40 heavy (non-hydrogen) atoms. The summed E-state index contributed by atoms with van der Waals surface area (Å²) in [5, 5.41) is 3.33. The number of benzene rings is 3. The third kappa shape index (κ3) is 7.86. The van der Waals surface area contributed by atoms with Crippen LogP contribution in [-0.4, -0.2) is 50.8 Å². The second-order valence-electron chi connectivity index (χ2n) is 9.60. The van der Waals surface area contributed by atoms with E-state index in [4.69, 9.17) is 11.6 Å².